The molecule has 1 aliphatic carbocycles. The number of hydrogen-bond donors (Lipinski definition) is 2. The molecule has 0 bridgehead atoms. The van der Waals surface area contributed by atoms with Gasteiger partial charge in [-0.05, 0) is 33.6 Å². The third-order valence-corrected chi connectivity index (χ3v) is 6.11. The maximum atomic E-state index is 14.4. The highest BCUT2D eigenvalue weighted by Crippen LogP contribution is 2.47. The molecule has 2 N–H and O–H groups in total. The lowest BCUT2D eigenvalue weighted by molar-refractivity contribution is -0.210. The Kier molecular flexibility index (Phi) is 5.00. The molecule has 2 aliphatic rings. The van der Waals surface area contributed by atoms with Gasteiger partial charge in [-0.15, -0.1) is 0 Å². The molecule has 2 rings (SSSR count). The second kappa shape index (κ2) is 6.05. The Hall–Kier alpha value is -0.150. The van der Waals surface area contributed by atoms with Crippen molar-refractivity contribution in [2.75, 3.05) is 19.8 Å². The van der Waals surface area contributed by atoms with Crippen LogP contribution in [0, 0.1) is 0 Å². The quantitative estimate of drug-likeness (QED) is 0.817. The van der Waals surface area contributed by atoms with Gasteiger partial charge >= 0.3 is 0 Å². The van der Waals surface area contributed by atoms with E-state index in [4.69, 9.17) is 14.6 Å². The van der Waals surface area contributed by atoms with Crippen LogP contribution in [0.3, 0.4) is 0 Å². The summed E-state index contributed by atoms with van der Waals surface area (Å²) in [5.74, 6) is -4.16. The highest BCUT2D eigenvalue weighted by Gasteiger charge is 2.59. The minimum atomic E-state index is -3.37. The Bertz CT molecular complexity index is 423. The molecule has 1 atom stereocenters. The fraction of sp³-hybridized carbons (Fsp3) is 1.00. The van der Waals surface area contributed by atoms with Gasteiger partial charge in [-0.25, -0.2) is 17.7 Å². The zero-order valence-corrected chi connectivity index (χ0v) is 14.1. The Morgan fingerprint density at radius 1 is 1.14 bits per heavy atom. The van der Waals surface area contributed by atoms with E-state index in [1.807, 2.05) is 0 Å². The van der Waals surface area contributed by atoms with Gasteiger partial charge in [0.25, 0.3) is 5.92 Å². The lowest BCUT2D eigenvalue weighted by Crippen LogP contribution is -2.65. The summed E-state index contributed by atoms with van der Waals surface area (Å²) in [6.45, 7) is 4.79. The molecule has 1 spiro atoms. The summed E-state index contributed by atoms with van der Waals surface area (Å²) >= 11 is 0. The average Bonchev–Trinajstić information content (AvgIpc) is 2.89. The molecule has 0 aromatic heterocycles. The predicted octanol–water partition coefficient (Wildman–Crippen LogP) is 1.72. The first-order chi connectivity index (χ1) is 10.1. The standard InChI is InChI=1S/C14H25F2NO4S/c1-11(2,3)22(19)17-12(14(15,16)10-18)4-6-13(7-5-12)20-8-9-21-13/h17-18H,4-10H2,1-3H3. The fourth-order valence-electron chi connectivity index (χ4n) is 2.87. The molecule has 1 saturated heterocycles. The first-order valence-electron chi connectivity index (χ1n) is 7.52. The van der Waals surface area contributed by atoms with Gasteiger partial charge in [-0.3, -0.25) is 0 Å². The third-order valence-electron chi connectivity index (χ3n) is 4.42. The van der Waals surface area contributed by atoms with E-state index in [9.17, 15) is 13.0 Å². The highest BCUT2D eigenvalue weighted by atomic mass is 32.2. The zero-order valence-electron chi connectivity index (χ0n) is 13.3. The van der Waals surface area contributed by atoms with Gasteiger partial charge in [0.2, 0.25) is 0 Å². The molecule has 8 heteroatoms. The highest BCUT2D eigenvalue weighted by molar-refractivity contribution is 7.84. The van der Waals surface area contributed by atoms with Crippen LogP contribution in [-0.4, -0.2) is 51.1 Å². The lowest BCUT2D eigenvalue weighted by atomic mass is 9.75. The average molecular weight is 341 g/mol. The second-order valence-electron chi connectivity index (χ2n) is 7.04. The first kappa shape index (κ1) is 18.2. The normalized spacial score (nSPS) is 26.3. The zero-order chi connectivity index (χ0) is 16.6. The van der Waals surface area contributed by atoms with Crippen molar-refractivity contribution in [1.29, 1.82) is 0 Å². The molecule has 22 heavy (non-hydrogen) atoms. The number of alkyl halides is 2. The SMILES string of the molecule is CC(C)(C)S(=O)NC1(C(F)(F)CO)CCC2(CC1)OCCO2. The van der Waals surface area contributed by atoms with Crippen molar-refractivity contribution in [1.82, 2.24) is 4.72 Å². The van der Waals surface area contributed by atoms with Crippen LogP contribution in [0.4, 0.5) is 8.78 Å². The van der Waals surface area contributed by atoms with E-state index in [-0.39, 0.29) is 25.7 Å². The van der Waals surface area contributed by atoms with Crippen LogP contribution in [-0.2, 0) is 20.5 Å². The van der Waals surface area contributed by atoms with Crippen molar-refractivity contribution >= 4 is 11.0 Å². The number of hydrogen-bond acceptors (Lipinski definition) is 4. The Labute approximate surface area is 132 Å². The van der Waals surface area contributed by atoms with Crippen molar-refractivity contribution in [2.45, 2.75) is 68.5 Å². The van der Waals surface area contributed by atoms with Gasteiger partial charge in [-0.2, -0.15) is 0 Å². The molecular formula is C14H25F2NO4S. The van der Waals surface area contributed by atoms with Crippen LogP contribution in [0.15, 0.2) is 0 Å². The number of nitrogens with one attached hydrogen (secondary N) is 1. The Balaban J connectivity index is 2.20. The van der Waals surface area contributed by atoms with Gasteiger partial charge < -0.3 is 14.6 Å². The molecular weight excluding hydrogens is 316 g/mol. The fourth-order valence-corrected chi connectivity index (χ4v) is 3.88. The van der Waals surface area contributed by atoms with Gasteiger partial charge in [0.1, 0.15) is 6.61 Å². The van der Waals surface area contributed by atoms with Gasteiger partial charge in [0.15, 0.2) is 5.79 Å². The molecule has 0 aromatic rings. The van der Waals surface area contributed by atoms with E-state index < -0.39 is 39.6 Å². The smallest absolute Gasteiger partial charge is 0.289 e. The molecule has 0 radical (unpaired) electrons. The van der Waals surface area contributed by atoms with E-state index >= 15 is 0 Å². The molecule has 0 aromatic carbocycles. The molecule has 2 fully saturated rings. The lowest BCUT2D eigenvalue weighted by Gasteiger charge is -2.47. The minimum absolute atomic E-state index is 0.0301. The van der Waals surface area contributed by atoms with E-state index in [0.29, 0.717) is 13.2 Å². The molecule has 0 amide bonds. The molecule has 130 valence electrons. The minimum Gasteiger partial charge on any atom is -0.390 e. The second-order valence-corrected chi connectivity index (χ2v) is 9.00. The van der Waals surface area contributed by atoms with E-state index in [0.717, 1.165) is 0 Å². The summed E-state index contributed by atoms with van der Waals surface area (Å²) in [4.78, 5) is 0. The van der Waals surface area contributed by atoms with Crippen LogP contribution >= 0.6 is 0 Å². The third kappa shape index (κ3) is 3.36. The summed E-state index contributed by atoms with van der Waals surface area (Å²) < 4.78 is 54.2. The van der Waals surface area contributed by atoms with Gasteiger partial charge in [-0.1, -0.05) is 0 Å². The monoisotopic (exact) mass is 341 g/mol. The molecule has 1 heterocycles. The van der Waals surface area contributed by atoms with Gasteiger partial charge in [0.05, 0.1) is 34.5 Å². The van der Waals surface area contributed by atoms with Crippen LogP contribution in [0.1, 0.15) is 46.5 Å². The van der Waals surface area contributed by atoms with E-state index in [2.05, 4.69) is 4.72 Å². The summed E-state index contributed by atoms with van der Waals surface area (Å²) in [5.41, 5.74) is -1.71. The summed E-state index contributed by atoms with van der Waals surface area (Å²) in [5, 5.41) is 9.13. The maximum Gasteiger partial charge on any atom is 0.289 e. The topological polar surface area (TPSA) is 67.8 Å². The number of halogens is 2. The predicted molar refractivity (Wildman–Crippen MR) is 78.9 cm³/mol. The Morgan fingerprint density at radius 3 is 2.05 bits per heavy atom. The Morgan fingerprint density at radius 2 is 1.64 bits per heavy atom. The largest absolute Gasteiger partial charge is 0.390 e. The maximum absolute atomic E-state index is 14.4. The van der Waals surface area contributed by atoms with E-state index in [1.165, 1.54) is 0 Å². The number of aliphatic hydroxyl groups is 1. The molecule has 1 saturated carbocycles. The van der Waals surface area contributed by atoms with Crippen molar-refractivity contribution < 1.29 is 27.6 Å². The van der Waals surface area contributed by atoms with Gasteiger partial charge in [0, 0.05) is 12.8 Å². The van der Waals surface area contributed by atoms with Crippen LogP contribution in [0.2, 0.25) is 0 Å². The first-order valence-corrected chi connectivity index (χ1v) is 8.67. The molecule has 1 unspecified atom stereocenters. The summed E-state index contributed by atoms with van der Waals surface area (Å²) in [7, 11) is -1.66. The number of ether oxygens (including phenoxy) is 2. The van der Waals surface area contributed by atoms with Crippen LogP contribution in [0.25, 0.3) is 0 Å². The summed E-state index contributed by atoms with van der Waals surface area (Å²) in [6, 6.07) is 0. The van der Waals surface area contributed by atoms with Crippen LogP contribution < -0.4 is 4.72 Å². The van der Waals surface area contributed by atoms with Crippen molar-refractivity contribution in [3.8, 4) is 0 Å². The summed E-state index contributed by atoms with van der Waals surface area (Å²) in [6.07, 6.45) is 0.638. The number of aliphatic hydroxyl groups excluding tert-OH is 1. The number of rotatable bonds is 4. The van der Waals surface area contributed by atoms with E-state index in [1.54, 1.807) is 20.8 Å². The van der Waals surface area contributed by atoms with Crippen molar-refractivity contribution in [2.24, 2.45) is 0 Å². The molecule has 1 aliphatic heterocycles. The van der Waals surface area contributed by atoms with Crippen LogP contribution in [0.5, 0.6) is 0 Å². The molecule has 5 nitrogen and oxygen atoms in total. The van der Waals surface area contributed by atoms with Crippen molar-refractivity contribution in [3.05, 3.63) is 0 Å². The van der Waals surface area contributed by atoms with Crippen molar-refractivity contribution in [3.63, 3.8) is 0 Å².